The molecule has 4 aromatic carbocycles. The Labute approximate surface area is 647 Å². The lowest BCUT2D eigenvalue weighted by Crippen LogP contribution is -2.50. The molecule has 0 radical (unpaired) electrons. The van der Waals surface area contributed by atoms with Crippen LogP contribution in [0.4, 0.5) is 20.2 Å². The van der Waals surface area contributed by atoms with Gasteiger partial charge in [-0.25, -0.2) is 22.0 Å². The summed E-state index contributed by atoms with van der Waals surface area (Å²) in [6, 6.07) is 15.7. The summed E-state index contributed by atoms with van der Waals surface area (Å²) in [4.78, 5) is 93.5. The van der Waals surface area contributed by atoms with Gasteiger partial charge in [-0.2, -0.15) is 29.8 Å². The zero-order chi connectivity index (χ0) is 81.6. The van der Waals surface area contributed by atoms with E-state index in [0.29, 0.717) is 97.4 Å². The molecule has 6 amide bonds. The number of primary amides is 1. The average Bonchev–Trinajstić information content (AvgIpc) is 1.59. The summed E-state index contributed by atoms with van der Waals surface area (Å²) >= 11 is 0. The molecule has 2 saturated heterocycles. The number of allylic oxidation sites excluding steroid dienone is 7. The van der Waals surface area contributed by atoms with Crippen molar-refractivity contribution in [3.05, 3.63) is 159 Å². The van der Waals surface area contributed by atoms with Gasteiger partial charge in [0.05, 0.1) is 64.0 Å². The van der Waals surface area contributed by atoms with Crippen LogP contribution in [0.25, 0.3) is 0 Å². The lowest BCUT2D eigenvalue weighted by atomic mass is 9.81. The van der Waals surface area contributed by atoms with Gasteiger partial charge >= 0.3 is 5.97 Å². The van der Waals surface area contributed by atoms with E-state index in [2.05, 4.69) is 16.0 Å². The van der Waals surface area contributed by atoms with Crippen molar-refractivity contribution in [1.29, 1.82) is 0 Å². The van der Waals surface area contributed by atoms with E-state index in [-0.39, 0.29) is 120 Å². The van der Waals surface area contributed by atoms with E-state index in [4.69, 9.17) is 19.9 Å². The fourth-order valence-corrected chi connectivity index (χ4v) is 17.0. The molecule has 0 spiro atoms. The zero-order valence-corrected chi connectivity index (χ0v) is 65.2. The molecule has 0 aromatic heterocycles. The molecule has 5 heterocycles. The van der Waals surface area contributed by atoms with Crippen LogP contribution in [0.1, 0.15) is 136 Å². The van der Waals surface area contributed by atoms with Crippen LogP contribution >= 0.6 is 0 Å². The normalized spacial score (nSPS) is 20.3. The number of carboxylic acids is 1. The van der Waals surface area contributed by atoms with Crippen molar-refractivity contribution < 1.29 is 118 Å². The molecule has 0 unspecified atom stereocenters. The van der Waals surface area contributed by atoms with Crippen molar-refractivity contribution in [3.63, 3.8) is 0 Å². The van der Waals surface area contributed by atoms with Crippen molar-refractivity contribution in [2.24, 2.45) is 11.7 Å². The number of alkyl halides is 2. The number of carboxylic acid groups (broad SMARTS) is 1. The zero-order valence-electron chi connectivity index (χ0n) is 61.9. The lowest BCUT2D eigenvalue weighted by molar-refractivity contribution is -0.438. The number of hydrogen-bond acceptors (Lipinski definition) is 20. The predicted octanol–water partition coefficient (Wildman–Crippen LogP) is 5.65. The number of rotatable bonds is 35. The van der Waals surface area contributed by atoms with Crippen molar-refractivity contribution >= 4 is 99.0 Å². The quantitative estimate of drug-likeness (QED) is 0.0157. The molecule has 10 rings (SSSR count). The van der Waals surface area contributed by atoms with Crippen LogP contribution in [0.2, 0.25) is 0 Å². The lowest BCUT2D eigenvalue weighted by Gasteiger charge is -2.28. The third kappa shape index (κ3) is 21.2. The molecule has 4 atom stereocenters. The number of halogens is 2. The SMILES string of the molecule is CC1(C)C(/C=C/C2=C(Oc3ccc(C[C@H](NC(=O)CCOCCOCCNC(=O)c4ccc5c(c4)CN(C(=O)C[C@@H]4C[C@@H](C(=O)N6CC(F)(F)C[C@H]6C(N)=O)NC4=O)C5)C(=O)O)cc3)C(=C/C=C3/N(CCCCS(=O)(=O)[O-])c4ccc(S(=O)(=O)O)cc4C3(C)C)/CCC2)=[N+](CCCCS(=O)(=O)O)c2ccc(S(=O)(=O)O)cc21. The Kier molecular flexibility index (Phi) is 26.4. The fraction of sp³-hybridized carbons (Fsp3) is 0.467. The van der Waals surface area contributed by atoms with E-state index in [9.17, 15) is 99.3 Å². The number of hydrogen-bond donors (Lipinski definition) is 8. The van der Waals surface area contributed by atoms with Crippen molar-refractivity contribution in [2.45, 2.75) is 163 Å². The summed E-state index contributed by atoms with van der Waals surface area (Å²) < 4.78 is 186. The van der Waals surface area contributed by atoms with Gasteiger partial charge in [-0.15, -0.1) is 0 Å². The van der Waals surface area contributed by atoms with Crippen LogP contribution in [-0.2, 0) is 109 Å². The van der Waals surface area contributed by atoms with Crippen molar-refractivity contribution in [1.82, 2.24) is 25.8 Å². The number of carbonyl (C=O) groups is 7. The highest BCUT2D eigenvalue weighted by Gasteiger charge is 2.52. The van der Waals surface area contributed by atoms with Gasteiger partial charge in [0.1, 0.15) is 36.2 Å². The Balaban J connectivity index is 0.753. The van der Waals surface area contributed by atoms with Crippen LogP contribution < -0.4 is 31.3 Å². The van der Waals surface area contributed by atoms with Crippen molar-refractivity contribution in [2.75, 3.05) is 69.0 Å². The summed E-state index contributed by atoms with van der Waals surface area (Å²) in [6.07, 6.45) is 7.83. The van der Waals surface area contributed by atoms with Gasteiger partial charge in [0.2, 0.25) is 35.2 Å². The van der Waals surface area contributed by atoms with Gasteiger partial charge in [-0.1, -0.05) is 38.1 Å². The molecule has 0 bridgehead atoms. The molecule has 6 aliphatic rings. The Morgan fingerprint density at radius 1 is 0.777 bits per heavy atom. The first-order valence-corrected chi connectivity index (χ1v) is 42.3. The molecule has 31 nitrogen and oxygen atoms in total. The molecule has 0 saturated carbocycles. The number of amides is 6. The Bertz CT molecular complexity index is 5030. The number of ether oxygens (including phenoxy) is 3. The summed E-state index contributed by atoms with van der Waals surface area (Å²) in [5.74, 6) is -9.98. The van der Waals surface area contributed by atoms with E-state index >= 15 is 0 Å². The van der Waals surface area contributed by atoms with Crippen molar-refractivity contribution in [3.8, 4) is 5.75 Å². The van der Waals surface area contributed by atoms with E-state index in [1.807, 2.05) is 61.5 Å². The third-order valence-electron chi connectivity index (χ3n) is 20.7. The monoisotopic (exact) mass is 1640 g/mol. The first kappa shape index (κ1) is 85.3. The number of likely N-dealkylation sites (tertiary alicyclic amines) is 1. The Hall–Kier alpha value is -9.18. The number of carbonyl (C=O) groups excluding carboxylic acids is 6. The van der Waals surface area contributed by atoms with E-state index in [1.54, 1.807) is 54.6 Å². The highest BCUT2D eigenvalue weighted by molar-refractivity contribution is 7.86. The van der Waals surface area contributed by atoms with Gasteiger partial charge in [-0.05, 0) is 159 Å². The van der Waals surface area contributed by atoms with E-state index in [0.717, 1.165) is 5.56 Å². The molecule has 37 heteroatoms. The molecule has 1 aliphatic carbocycles. The maximum atomic E-state index is 14.1. The van der Waals surface area contributed by atoms with Gasteiger partial charge in [0.15, 0.2) is 5.71 Å². The number of benzene rings is 4. The average molecular weight is 1640 g/mol. The highest BCUT2D eigenvalue weighted by Crippen LogP contribution is 2.50. The number of aliphatic carboxylic acids is 1. The molecule has 9 N–H and O–H groups in total. The first-order valence-electron chi connectivity index (χ1n) is 36.3. The summed E-state index contributed by atoms with van der Waals surface area (Å²) in [5, 5.41) is 18.0. The van der Waals surface area contributed by atoms with Crippen LogP contribution in [0, 0.1) is 5.92 Å². The minimum Gasteiger partial charge on any atom is -0.748 e. The standard InChI is InChI=1S/C75H90F2N8O23S4/c1-73(2)56-40-54(111(100,101)102)20-22-60(56)83(28-5-7-34-109(94,95)96)63(73)24-16-47-10-9-11-48(17-25-64-74(3,4)57-41-55(112(103,104)105)21-23-61(57)84(64)29-6-8-35-110(97,98)99)67(47)108-53-18-12-46(13-19-53)36-59(72(92)93)80-65(86)26-30-106-32-33-107-31-27-79-69(89)49-14-15-50-43-82(44-52(50)37-49)66(87)39-51-38-58(81-70(51)90)71(91)85-45-75(76,77)42-62(85)68(78)88/h12-25,37,40-41,51,58-59,62H,5-11,26-36,38-39,42-45H2,1-4H3,(H9-,78,79,80,81,86,88,89,90,92,93,94,95,96,97,98,99,100,101,102,103,104,105)/t51-,58-,59-,62-/m0/s1. The number of unbranched alkanes of at least 4 members (excludes halogenated alkanes) is 2. The third-order valence-corrected chi connectivity index (χ3v) is 24.0. The Morgan fingerprint density at radius 2 is 1.45 bits per heavy atom. The second-order valence-electron chi connectivity index (χ2n) is 29.5. The second kappa shape index (κ2) is 34.7. The van der Waals surface area contributed by atoms with E-state index < -0.39 is 147 Å². The number of anilines is 1. The molecular weight excluding hydrogens is 1550 g/mol. The smallest absolute Gasteiger partial charge is 0.326 e. The molecule has 2 fully saturated rings. The second-order valence-corrected chi connectivity index (χ2v) is 35.4. The number of nitrogens with zero attached hydrogens (tertiary/aromatic N) is 4. The largest absolute Gasteiger partial charge is 0.748 e. The fourth-order valence-electron chi connectivity index (χ4n) is 14.9. The summed E-state index contributed by atoms with van der Waals surface area (Å²) in [6.45, 7) is 7.43. The highest BCUT2D eigenvalue weighted by atomic mass is 32.2. The molecule has 5 aliphatic heterocycles. The van der Waals surface area contributed by atoms with Crippen LogP contribution in [0.3, 0.4) is 0 Å². The van der Waals surface area contributed by atoms with Gasteiger partial charge in [0, 0.05) is 110 Å². The topological polar surface area (TPSA) is 463 Å². The molecular formula is C75H90F2N8O23S4. The maximum absolute atomic E-state index is 14.1. The first-order chi connectivity index (χ1) is 52.5. The van der Waals surface area contributed by atoms with Gasteiger partial charge in [0.25, 0.3) is 42.2 Å². The molecule has 606 valence electrons. The maximum Gasteiger partial charge on any atom is 0.326 e. The van der Waals surface area contributed by atoms with Gasteiger partial charge in [-0.3, -0.25) is 42.4 Å². The number of fused-ring (bicyclic) bond motifs is 3. The number of nitrogens with one attached hydrogen (secondary N) is 3. The Morgan fingerprint density at radius 3 is 2.12 bits per heavy atom. The minimum atomic E-state index is -4.65. The summed E-state index contributed by atoms with van der Waals surface area (Å²) in [7, 11) is -18.1. The number of nitrogens with two attached hydrogens (primary N) is 1. The van der Waals surface area contributed by atoms with Crippen LogP contribution in [0.5, 0.6) is 5.75 Å². The minimum absolute atomic E-state index is 0.0276. The van der Waals surface area contributed by atoms with Crippen LogP contribution in [0.15, 0.2) is 136 Å². The summed E-state index contributed by atoms with van der Waals surface area (Å²) in [5.41, 5.74) is 10.6. The van der Waals surface area contributed by atoms with Crippen LogP contribution in [-0.4, -0.2) is 207 Å². The van der Waals surface area contributed by atoms with Gasteiger partial charge < -0.3 is 60.3 Å². The molecule has 4 aromatic rings. The predicted molar refractivity (Wildman–Crippen MR) is 400 cm³/mol. The van der Waals surface area contributed by atoms with E-state index in [1.165, 1.54) is 29.2 Å². The molecule has 112 heavy (non-hydrogen) atoms.